The van der Waals surface area contributed by atoms with Crippen LogP contribution in [0, 0.1) is 12.7 Å². The summed E-state index contributed by atoms with van der Waals surface area (Å²) in [6.07, 6.45) is 1.51. The van der Waals surface area contributed by atoms with Crippen LogP contribution in [0.25, 0.3) is 22.4 Å². The quantitative estimate of drug-likeness (QED) is 0.200. The van der Waals surface area contributed by atoms with Crippen LogP contribution in [0.3, 0.4) is 0 Å². The zero-order valence-electron chi connectivity index (χ0n) is 17.5. The van der Waals surface area contributed by atoms with Crippen LogP contribution in [0.2, 0.25) is 5.15 Å². The van der Waals surface area contributed by atoms with E-state index < -0.39 is 11.7 Å². The van der Waals surface area contributed by atoms with Crippen molar-refractivity contribution in [2.24, 2.45) is 5.84 Å². The average molecular weight is 464 g/mol. The van der Waals surface area contributed by atoms with Gasteiger partial charge in [-0.15, -0.1) is 0 Å². The summed E-state index contributed by atoms with van der Waals surface area (Å²) in [5.74, 6) is 5.36. The molecule has 4 N–H and O–H groups in total. The molecule has 33 heavy (non-hydrogen) atoms. The maximum Gasteiger partial charge on any atom is 0.248 e. The second kappa shape index (κ2) is 9.27. The highest BCUT2D eigenvalue weighted by atomic mass is 35.5. The van der Waals surface area contributed by atoms with Gasteiger partial charge in [0.1, 0.15) is 11.0 Å². The van der Waals surface area contributed by atoms with Crippen molar-refractivity contribution in [3.05, 3.63) is 83.2 Å². The lowest BCUT2D eigenvalue weighted by Gasteiger charge is -2.21. The first kappa shape index (κ1) is 22.3. The number of carbonyl (C=O) groups excluding carboxylic acids is 1. The molecule has 0 aliphatic heterocycles. The summed E-state index contributed by atoms with van der Waals surface area (Å²) >= 11 is 5.93. The fourth-order valence-corrected chi connectivity index (χ4v) is 3.51. The van der Waals surface area contributed by atoms with Gasteiger partial charge in [0, 0.05) is 17.5 Å². The molecular formula is C23H19ClFN7O. The number of pyridine rings is 2. The first-order valence-electron chi connectivity index (χ1n) is 9.87. The summed E-state index contributed by atoms with van der Waals surface area (Å²) in [6.45, 7) is 1.83. The minimum absolute atomic E-state index is 0.0945. The fraction of sp³-hybridized carbons (Fsp3) is 0.0870. The van der Waals surface area contributed by atoms with Crippen LogP contribution in [-0.2, 0) is 11.2 Å². The number of nitrogen functional groups attached to an aromatic ring is 1. The lowest BCUT2D eigenvalue weighted by atomic mass is 9.99. The molecule has 10 heteroatoms. The Hall–Kier alpha value is -3.95. The number of benzene rings is 1. The number of aromatic nitrogens is 4. The first-order chi connectivity index (χ1) is 15.8. The molecule has 0 atom stereocenters. The standard InChI is InChI=1S/C23H19ClFN7O/c1-13-11-15(9-10-28-13)20-21(14-5-7-16(25)8-6-14)30-23(26)31-22(20)32(27)19(33)12-17-3-2-4-18(24)29-17/h2-11H,12,27H2,1H3,(H2,26,30,31). The Morgan fingerprint density at radius 1 is 1.06 bits per heavy atom. The molecule has 0 saturated carbocycles. The molecule has 3 heterocycles. The van der Waals surface area contributed by atoms with E-state index in [0.717, 1.165) is 10.7 Å². The van der Waals surface area contributed by atoms with Crippen molar-refractivity contribution in [2.75, 3.05) is 10.7 Å². The van der Waals surface area contributed by atoms with Gasteiger partial charge in [0.15, 0.2) is 5.82 Å². The summed E-state index contributed by atoms with van der Waals surface area (Å²) in [5.41, 5.74) is 9.26. The molecule has 0 spiro atoms. The van der Waals surface area contributed by atoms with E-state index in [9.17, 15) is 9.18 Å². The van der Waals surface area contributed by atoms with E-state index in [-0.39, 0.29) is 23.3 Å². The molecule has 0 radical (unpaired) electrons. The van der Waals surface area contributed by atoms with E-state index in [1.54, 1.807) is 42.6 Å². The highest BCUT2D eigenvalue weighted by Crippen LogP contribution is 2.37. The molecule has 1 aromatic carbocycles. The molecule has 1 amide bonds. The van der Waals surface area contributed by atoms with Crippen LogP contribution in [0.4, 0.5) is 16.2 Å². The molecule has 0 saturated heterocycles. The Morgan fingerprint density at radius 3 is 2.52 bits per heavy atom. The number of aryl methyl sites for hydroxylation is 1. The van der Waals surface area contributed by atoms with Gasteiger partial charge in [-0.1, -0.05) is 17.7 Å². The number of hydrogen-bond acceptors (Lipinski definition) is 7. The van der Waals surface area contributed by atoms with Crippen molar-refractivity contribution in [1.29, 1.82) is 0 Å². The van der Waals surface area contributed by atoms with Gasteiger partial charge in [-0.2, -0.15) is 4.98 Å². The van der Waals surface area contributed by atoms with E-state index in [1.165, 1.54) is 12.1 Å². The van der Waals surface area contributed by atoms with E-state index in [4.69, 9.17) is 23.2 Å². The number of hydrazine groups is 1. The average Bonchev–Trinajstić information content (AvgIpc) is 2.78. The fourth-order valence-electron chi connectivity index (χ4n) is 3.33. The molecule has 4 rings (SSSR count). The topological polar surface area (TPSA) is 124 Å². The monoisotopic (exact) mass is 463 g/mol. The predicted molar refractivity (Wildman–Crippen MR) is 124 cm³/mol. The second-order valence-electron chi connectivity index (χ2n) is 7.21. The summed E-state index contributed by atoms with van der Waals surface area (Å²) in [4.78, 5) is 30.0. The maximum atomic E-state index is 13.6. The maximum absolute atomic E-state index is 13.6. The van der Waals surface area contributed by atoms with Crippen LogP contribution in [0.5, 0.6) is 0 Å². The molecule has 4 aromatic rings. The van der Waals surface area contributed by atoms with E-state index in [0.29, 0.717) is 28.1 Å². The predicted octanol–water partition coefficient (Wildman–Crippen LogP) is 3.73. The molecule has 0 fully saturated rings. The third-order valence-electron chi connectivity index (χ3n) is 4.81. The van der Waals surface area contributed by atoms with Crippen molar-refractivity contribution in [3.8, 4) is 22.4 Å². The Kier molecular flexibility index (Phi) is 6.25. The zero-order valence-corrected chi connectivity index (χ0v) is 18.3. The summed E-state index contributed by atoms with van der Waals surface area (Å²) < 4.78 is 13.6. The van der Waals surface area contributed by atoms with Crippen LogP contribution in [-0.4, -0.2) is 25.8 Å². The number of carbonyl (C=O) groups is 1. The smallest absolute Gasteiger partial charge is 0.248 e. The van der Waals surface area contributed by atoms with Gasteiger partial charge >= 0.3 is 0 Å². The lowest BCUT2D eigenvalue weighted by molar-refractivity contribution is -0.118. The molecule has 0 aliphatic carbocycles. The molecular weight excluding hydrogens is 445 g/mol. The number of anilines is 2. The van der Waals surface area contributed by atoms with Gasteiger partial charge in [0.2, 0.25) is 11.9 Å². The normalized spacial score (nSPS) is 10.8. The Morgan fingerprint density at radius 2 is 1.82 bits per heavy atom. The van der Waals surface area contributed by atoms with Crippen LogP contribution < -0.4 is 16.6 Å². The third kappa shape index (κ3) is 4.94. The van der Waals surface area contributed by atoms with Crippen LogP contribution in [0.1, 0.15) is 11.4 Å². The largest absolute Gasteiger partial charge is 0.368 e. The van der Waals surface area contributed by atoms with Crippen LogP contribution in [0.15, 0.2) is 60.8 Å². The van der Waals surface area contributed by atoms with Gasteiger partial charge in [0.25, 0.3) is 0 Å². The minimum atomic E-state index is -0.486. The molecule has 3 aromatic heterocycles. The molecule has 166 valence electrons. The van der Waals surface area contributed by atoms with E-state index in [2.05, 4.69) is 19.9 Å². The molecule has 0 aliphatic rings. The van der Waals surface area contributed by atoms with E-state index >= 15 is 0 Å². The molecule has 0 bridgehead atoms. The van der Waals surface area contributed by atoms with Crippen molar-refractivity contribution in [3.63, 3.8) is 0 Å². The van der Waals surface area contributed by atoms with E-state index in [1.807, 2.05) is 13.0 Å². The highest BCUT2D eigenvalue weighted by molar-refractivity contribution is 6.29. The molecule has 0 unspecified atom stereocenters. The number of nitrogens with zero attached hydrogens (tertiary/aromatic N) is 5. The third-order valence-corrected chi connectivity index (χ3v) is 5.02. The van der Waals surface area contributed by atoms with Gasteiger partial charge < -0.3 is 5.73 Å². The lowest BCUT2D eigenvalue weighted by Crippen LogP contribution is -2.40. The second-order valence-corrected chi connectivity index (χ2v) is 7.60. The zero-order chi connectivity index (χ0) is 23.5. The number of amides is 1. The minimum Gasteiger partial charge on any atom is -0.368 e. The van der Waals surface area contributed by atoms with Crippen molar-refractivity contribution in [1.82, 2.24) is 19.9 Å². The SMILES string of the molecule is Cc1cc(-c2c(-c3ccc(F)cc3)nc(N)nc2N(N)C(=O)Cc2cccc(Cl)n2)ccn1. The summed E-state index contributed by atoms with van der Waals surface area (Å²) in [5, 5.41) is 1.18. The Balaban J connectivity index is 1.86. The van der Waals surface area contributed by atoms with Gasteiger partial charge in [-0.05, 0) is 61.0 Å². The number of nitrogens with two attached hydrogens (primary N) is 2. The number of rotatable bonds is 5. The highest BCUT2D eigenvalue weighted by Gasteiger charge is 2.24. The number of halogens is 2. The Labute approximate surface area is 194 Å². The van der Waals surface area contributed by atoms with Gasteiger partial charge in [-0.3, -0.25) is 9.78 Å². The van der Waals surface area contributed by atoms with Gasteiger partial charge in [0.05, 0.1) is 23.4 Å². The van der Waals surface area contributed by atoms with Gasteiger partial charge in [-0.25, -0.2) is 25.2 Å². The van der Waals surface area contributed by atoms with Crippen LogP contribution >= 0.6 is 11.6 Å². The Bertz CT molecular complexity index is 1330. The van der Waals surface area contributed by atoms with Crippen molar-refractivity contribution in [2.45, 2.75) is 13.3 Å². The van der Waals surface area contributed by atoms with Crippen molar-refractivity contribution >= 4 is 29.3 Å². The van der Waals surface area contributed by atoms with Crippen molar-refractivity contribution < 1.29 is 9.18 Å². The molecule has 8 nitrogen and oxygen atoms in total. The first-order valence-corrected chi connectivity index (χ1v) is 10.2. The number of hydrogen-bond donors (Lipinski definition) is 2. The summed E-state index contributed by atoms with van der Waals surface area (Å²) in [6, 6.07) is 14.3. The summed E-state index contributed by atoms with van der Waals surface area (Å²) in [7, 11) is 0.